The van der Waals surface area contributed by atoms with Crippen molar-refractivity contribution in [1.82, 2.24) is 0 Å². The zero-order valence-corrected chi connectivity index (χ0v) is 19.1. The van der Waals surface area contributed by atoms with Gasteiger partial charge in [-0.25, -0.2) is 0 Å². The Morgan fingerprint density at radius 2 is 1.83 bits per heavy atom. The summed E-state index contributed by atoms with van der Waals surface area (Å²) in [7, 11) is 0. The molecule has 4 rings (SSSR count). The molecule has 0 amide bonds. The molecule has 3 fully saturated rings. The number of allylic oxidation sites excluding steroid dienone is 5. The molecule has 1 N–H and O–H groups in total. The predicted octanol–water partition coefficient (Wildman–Crippen LogP) is 6.41. The van der Waals surface area contributed by atoms with Crippen LogP contribution in [0.25, 0.3) is 0 Å². The number of carbonyl (C=O) groups excluding carboxylic acids is 1. The average molecular weight is 397 g/mol. The first-order valence-corrected chi connectivity index (χ1v) is 12.0. The number of rotatable bonds is 5. The highest BCUT2D eigenvalue weighted by atomic mass is 16.3. The number of aliphatic hydroxyl groups excluding tert-OH is 1. The van der Waals surface area contributed by atoms with Crippen molar-refractivity contribution in [2.75, 3.05) is 0 Å². The molecule has 0 aromatic carbocycles. The summed E-state index contributed by atoms with van der Waals surface area (Å²) in [6, 6.07) is 0. The third-order valence-electron chi connectivity index (χ3n) is 9.23. The van der Waals surface area contributed by atoms with E-state index in [0.29, 0.717) is 42.4 Å². The molecule has 2 heteroatoms. The van der Waals surface area contributed by atoms with Crippen molar-refractivity contribution in [1.29, 1.82) is 0 Å². The molecule has 4 aliphatic carbocycles. The third-order valence-corrected chi connectivity index (χ3v) is 9.23. The fourth-order valence-corrected chi connectivity index (χ4v) is 7.01. The van der Waals surface area contributed by atoms with E-state index in [1.54, 1.807) is 5.57 Å². The quantitative estimate of drug-likeness (QED) is 0.431. The summed E-state index contributed by atoms with van der Waals surface area (Å²) in [5.41, 5.74) is 4.62. The van der Waals surface area contributed by atoms with Crippen LogP contribution in [0, 0.1) is 34.5 Å². The van der Waals surface area contributed by atoms with Gasteiger partial charge in [-0.2, -0.15) is 0 Å². The largest absolute Gasteiger partial charge is 0.393 e. The van der Waals surface area contributed by atoms with Gasteiger partial charge >= 0.3 is 0 Å². The van der Waals surface area contributed by atoms with Crippen molar-refractivity contribution < 1.29 is 9.90 Å². The maximum Gasteiger partial charge on any atom is 0.159 e. The van der Waals surface area contributed by atoms with Crippen molar-refractivity contribution in [3.8, 4) is 0 Å². The lowest BCUT2D eigenvalue weighted by atomic mass is 9.59. The number of carbonyl (C=O) groups is 1. The van der Waals surface area contributed by atoms with E-state index < -0.39 is 0 Å². The Bertz CT molecular complexity index is 769. The topological polar surface area (TPSA) is 37.3 Å². The molecular weight excluding hydrogens is 356 g/mol. The van der Waals surface area contributed by atoms with Gasteiger partial charge in [-0.3, -0.25) is 4.79 Å². The minimum Gasteiger partial charge on any atom is -0.393 e. The number of Topliss-reactive ketones (excluding diaryl/α,β-unsaturated/α-hetero) is 1. The minimum atomic E-state index is -0.335. The van der Waals surface area contributed by atoms with E-state index in [-0.39, 0.29) is 17.3 Å². The van der Waals surface area contributed by atoms with Gasteiger partial charge in [0.1, 0.15) is 0 Å². The molecule has 1 spiro atoms. The molecule has 6 atom stereocenters. The molecule has 4 aliphatic rings. The summed E-state index contributed by atoms with van der Waals surface area (Å²) < 4.78 is 0. The first-order chi connectivity index (χ1) is 13.7. The van der Waals surface area contributed by atoms with Gasteiger partial charge in [0.2, 0.25) is 0 Å². The van der Waals surface area contributed by atoms with Crippen LogP contribution in [0.2, 0.25) is 0 Å². The van der Waals surface area contributed by atoms with Crippen LogP contribution in [0.3, 0.4) is 0 Å². The third kappa shape index (κ3) is 3.30. The summed E-state index contributed by atoms with van der Waals surface area (Å²) in [6.07, 6.45) is 14.9. The Morgan fingerprint density at radius 1 is 1.07 bits per heavy atom. The lowest BCUT2D eigenvalue weighted by Crippen LogP contribution is -2.37. The molecule has 0 radical (unpaired) electrons. The maximum atomic E-state index is 12.4. The molecule has 2 nitrogen and oxygen atoms in total. The van der Waals surface area contributed by atoms with Gasteiger partial charge in [-0.05, 0) is 78.8 Å². The van der Waals surface area contributed by atoms with E-state index in [0.717, 1.165) is 11.5 Å². The Morgan fingerprint density at radius 3 is 2.55 bits per heavy atom. The zero-order valence-electron chi connectivity index (χ0n) is 19.1. The van der Waals surface area contributed by atoms with Crippen LogP contribution in [0.15, 0.2) is 34.9 Å². The molecular formula is C27H40O2. The normalized spacial score (nSPS) is 40.5. The lowest BCUT2D eigenvalue weighted by molar-refractivity contribution is -0.117. The fourth-order valence-electron chi connectivity index (χ4n) is 7.01. The SMILES string of the molecule is CC(C)C(C)/C=C/[C@@H](C)C1CC[C@@]23C(/C=C4/C[C@@H](O)CCC4=O)=C2CCC[C@]13C. The molecule has 0 heterocycles. The van der Waals surface area contributed by atoms with Crippen molar-refractivity contribution in [3.63, 3.8) is 0 Å². The fraction of sp³-hybridized carbons (Fsp3) is 0.741. The molecule has 3 saturated carbocycles. The maximum absolute atomic E-state index is 12.4. The molecule has 0 aromatic heterocycles. The summed E-state index contributed by atoms with van der Waals surface area (Å²) in [4.78, 5) is 12.4. The van der Waals surface area contributed by atoms with Crippen LogP contribution in [0.5, 0.6) is 0 Å². The summed E-state index contributed by atoms with van der Waals surface area (Å²) in [5.74, 6) is 2.91. The van der Waals surface area contributed by atoms with Gasteiger partial charge in [-0.15, -0.1) is 0 Å². The van der Waals surface area contributed by atoms with Crippen molar-refractivity contribution in [2.45, 2.75) is 92.1 Å². The molecule has 2 unspecified atom stereocenters. The van der Waals surface area contributed by atoms with Gasteiger partial charge in [0.25, 0.3) is 0 Å². The average Bonchev–Trinajstić information content (AvgIpc) is 3.18. The smallest absolute Gasteiger partial charge is 0.159 e. The Balaban J connectivity index is 1.56. The number of ketones is 1. The Kier molecular flexibility index (Phi) is 5.47. The zero-order chi connectivity index (χ0) is 21.0. The molecule has 0 aromatic rings. The van der Waals surface area contributed by atoms with E-state index in [1.165, 1.54) is 37.7 Å². The second-order valence-corrected chi connectivity index (χ2v) is 11.1. The first kappa shape index (κ1) is 21.1. The molecule has 160 valence electrons. The number of hydrogen-bond donors (Lipinski definition) is 1. The van der Waals surface area contributed by atoms with E-state index in [2.05, 4.69) is 52.8 Å². The summed E-state index contributed by atoms with van der Waals surface area (Å²) in [6.45, 7) is 11.9. The van der Waals surface area contributed by atoms with Crippen LogP contribution < -0.4 is 0 Å². The lowest BCUT2D eigenvalue weighted by Gasteiger charge is -2.44. The monoisotopic (exact) mass is 396 g/mol. The summed E-state index contributed by atoms with van der Waals surface area (Å²) in [5, 5.41) is 10.1. The molecule has 0 saturated heterocycles. The highest BCUT2D eigenvalue weighted by Crippen LogP contribution is 2.78. The summed E-state index contributed by atoms with van der Waals surface area (Å²) >= 11 is 0. The molecule has 0 aliphatic heterocycles. The van der Waals surface area contributed by atoms with Crippen molar-refractivity contribution >= 4 is 5.78 Å². The Hall–Kier alpha value is -1.15. The van der Waals surface area contributed by atoms with E-state index >= 15 is 0 Å². The molecule has 29 heavy (non-hydrogen) atoms. The minimum absolute atomic E-state index is 0.261. The van der Waals surface area contributed by atoms with Gasteiger partial charge in [0, 0.05) is 18.3 Å². The van der Waals surface area contributed by atoms with Crippen LogP contribution in [-0.2, 0) is 4.79 Å². The molecule has 0 bridgehead atoms. The van der Waals surface area contributed by atoms with Gasteiger partial charge in [0.15, 0.2) is 5.78 Å². The van der Waals surface area contributed by atoms with E-state index in [4.69, 9.17) is 0 Å². The highest BCUT2D eigenvalue weighted by Gasteiger charge is 2.69. The second-order valence-electron chi connectivity index (χ2n) is 11.1. The standard InChI is InChI=1S/C27H40O2/c1-17(2)18(3)8-9-19(4)22-12-14-27-23(7-6-13-26(22,27)5)24(27)16-20-15-21(28)10-11-25(20)29/h8-9,16-19,21-22,28H,6-7,10-15H2,1-5H3/b9-8+,20-16-/t18?,19-,21+,22?,26-,27+/m1/s1. The second kappa shape index (κ2) is 7.52. The van der Waals surface area contributed by atoms with Crippen LogP contribution in [0.4, 0.5) is 0 Å². The van der Waals surface area contributed by atoms with Gasteiger partial charge in [-0.1, -0.05) is 58.4 Å². The van der Waals surface area contributed by atoms with Gasteiger partial charge < -0.3 is 5.11 Å². The predicted molar refractivity (Wildman–Crippen MR) is 119 cm³/mol. The van der Waals surface area contributed by atoms with Crippen molar-refractivity contribution in [3.05, 3.63) is 34.9 Å². The van der Waals surface area contributed by atoms with Gasteiger partial charge in [0.05, 0.1) is 6.10 Å². The van der Waals surface area contributed by atoms with E-state index in [1.807, 2.05) is 0 Å². The first-order valence-electron chi connectivity index (χ1n) is 12.0. The van der Waals surface area contributed by atoms with Crippen molar-refractivity contribution in [2.24, 2.45) is 34.5 Å². The van der Waals surface area contributed by atoms with Crippen LogP contribution >= 0.6 is 0 Å². The highest BCUT2D eigenvalue weighted by molar-refractivity contribution is 5.97. The Labute approximate surface area is 177 Å². The van der Waals surface area contributed by atoms with Crippen LogP contribution in [-0.4, -0.2) is 17.0 Å². The van der Waals surface area contributed by atoms with Crippen LogP contribution in [0.1, 0.15) is 86.0 Å². The number of hydrogen-bond acceptors (Lipinski definition) is 2. The van der Waals surface area contributed by atoms with E-state index in [9.17, 15) is 9.90 Å². The number of aliphatic hydroxyl groups is 1.